The monoisotopic (exact) mass is 362 g/mol. The fourth-order valence-corrected chi connectivity index (χ4v) is 5.29. The Morgan fingerprint density at radius 3 is 2.96 bits per heavy atom. The van der Waals surface area contributed by atoms with Crippen molar-refractivity contribution in [3.8, 4) is 0 Å². The summed E-state index contributed by atoms with van der Waals surface area (Å²) in [5, 5.41) is 6.82. The predicted octanol–water partition coefficient (Wildman–Crippen LogP) is 4.43. The lowest BCUT2D eigenvalue weighted by molar-refractivity contribution is 0.157. The van der Waals surface area contributed by atoms with Crippen molar-refractivity contribution in [1.82, 2.24) is 19.7 Å². The van der Waals surface area contributed by atoms with Gasteiger partial charge in [-0.1, -0.05) is 23.5 Å². The Hall–Kier alpha value is -1.15. The molecule has 0 bridgehead atoms. The molecule has 1 fully saturated rings. The third-order valence-corrected chi connectivity index (χ3v) is 6.63. The fraction of sp³-hybridized carbons (Fsp3) is 0.438. The second kappa shape index (κ2) is 6.39. The first-order valence-corrected chi connectivity index (χ1v) is 9.85. The highest BCUT2D eigenvalue weighted by molar-refractivity contribution is 7.73. The molecule has 23 heavy (non-hydrogen) atoms. The van der Waals surface area contributed by atoms with Gasteiger partial charge in [0, 0.05) is 12.5 Å². The molecule has 4 nitrogen and oxygen atoms in total. The smallest absolute Gasteiger partial charge is 0.180 e. The minimum absolute atomic E-state index is 0.523. The van der Waals surface area contributed by atoms with E-state index >= 15 is 0 Å². The van der Waals surface area contributed by atoms with Crippen LogP contribution in [0.15, 0.2) is 24.3 Å². The van der Waals surface area contributed by atoms with Gasteiger partial charge >= 0.3 is 0 Å². The Morgan fingerprint density at radius 1 is 1.30 bits per heavy atom. The van der Waals surface area contributed by atoms with Gasteiger partial charge in [-0.2, -0.15) is 5.10 Å². The number of benzene rings is 1. The van der Waals surface area contributed by atoms with E-state index in [1.807, 2.05) is 22.9 Å². The van der Waals surface area contributed by atoms with Crippen LogP contribution in [-0.2, 0) is 6.67 Å². The van der Waals surface area contributed by atoms with Crippen LogP contribution in [0.2, 0.25) is 0 Å². The third kappa shape index (κ3) is 3.24. The minimum Gasteiger partial charge on any atom is -0.284 e. The lowest BCUT2D eigenvalue weighted by Gasteiger charge is -2.31. The molecule has 4 rings (SSSR count). The van der Waals surface area contributed by atoms with E-state index in [2.05, 4.69) is 34.3 Å². The van der Waals surface area contributed by atoms with Crippen LogP contribution in [0.3, 0.4) is 0 Å². The van der Waals surface area contributed by atoms with Gasteiger partial charge in [-0.3, -0.25) is 4.90 Å². The van der Waals surface area contributed by atoms with Crippen molar-refractivity contribution in [2.75, 3.05) is 13.1 Å². The van der Waals surface area contributed by atoms with Crippen molar-refractivity contribution >= 4 is 45.1 Å². The largest absolute Gasteiger partial charge is 0.284 e. The van der Waals surface area contributed by atoms with E-state index in [0.717, 1.165) is 34.2 Å². The molecule has 0 aliphatic carbocycles. The normalized spacial score (nSPS) is 19.4. The highest BCUT2D eigenvalue weighted by Crippen LogP contribution is 2.33. The molecule has 1 aliphatic heterocycles. The van der Waals surface area contributed by atoms with E-state index in [0.29, 0.717) is 5.92 Å². The topological polar surface area (TPSA) is 34.0 Å². The molecule has 1 saturated heterocycles. The average molecular weight is 363 g/mol. The highest BCUT2D eigenvalue weighted by Gasteiger charge is 2.24. The SMILES string of the molecule is Cc1nn(CN2CCC[C@@H](c3nc4ccccc4s3)C2)c(=S)s1. The quantitative estimate of drug-likeness (QED) is 0.646. The molecule has 2 aromatic heterocycles. The van der Waals surface area contributed by atoms with Crippen LogP contribution in [0, 0.1) is 10.9 Å². The van der Waals surface area contributed by atoms with Gasteiger partial charge in [0.15, 0.2) is 3.95 Å². The van der Waals surface area contributed by atoms with Crippen LogP contribution in [0.5, 0.6) is 0 Å². The highest BCUT2D eigenvalue weighted by atomic mass is 32.1. The molecule has 0 radical (unpaired) electrons. The van der Waals surface area contributed by atoms with Crippen LogP contribution < -0.4 is 0 Å². The summed E-state index contributed by atoms with van der Waals surface area (Å²) in [5.74, 6) is 0.523. The van der Waals surface area contributed by atoms with Gasteiger partial charge in [-0.15, -0.1) is 11.3 Å². The second-order valence-corrected chi connectivity index (χ2v) is 8.85. The number of thiazole rings is 1. The summed E-state index contributed by atoms with van der Waals surface area (Å²) >= 11 is 8.82. The van der Waals surface area contributed by atoms with Crippen molar-refractivity contribution in [1.29, 1.82) is 0 Å². The Labute approximate surface area is 148 Å². The maximum atomic E-state index is 5.39. The fourth-order valence-electron chi connectivity index (χ4n) is 3.14. The summed E-state index contributed by atoms with van der Waals surface area (Å²) in [7, 11) is 0. The van der Waals surface area contributed by atoms with Crippen molar-refractivity contribution in [2.24, 2.45) is 0 Å². The Morgan fingerprint density at radius 2 is 2.17 bits per heavy atom. The molecule has 3 aromatic rings. The molecule has 1 atom stereocenters. The van der Waals surface area contributed by atoms with Gasteiger partial charge in [-0.25, -0.2) is 9.67 Å². The van der Waals surface area contributed by atoms with Crippen LogP contribution in [0.4, 0.5) is 0 Å². The number of aryl methyl sites for hydroxylation is 1. The number of para-hydroxylation sites is 1. The zero-order valence-electron chi connectivity index (χ0n) is 12.9. The van der Waals surface area contributed by atoms with Crippen molar-refractivity contribution < 1.29 is 0 Å². The molecular formula is C16H18N4S3. The number of likely N-dealkylation sites (tertiary alicyclic amines) is 1. The number of fused-ring (bicyclic) bond motifs is 1. The summed E-state index contributed by atoms with van der Waals surface area (Å²) in [5.41, 5.74) is 1.13. The second-order valence-electron chi connectivity index (χ2n) is 5.96. The first kappa shape index (κ1) is 15.4. The predicted molar refractivity (Wildman–Crippen MR) is 98.8 cm³/mol. The summed E-state index contributed by atoms with van der Waals surface area (Å²) in [4.78, 5) is 7.30. The van der Waals surface area contributed by atoms with Gasteiger partial charge in [0.05, 0.1) is 21.9 Å². The molecule has 0 N–H and O–H groups in total. The standard InChI is InChI=1S/C16H18N4S3/c1-11-18-20(16(21)22-11)10-19-8-4-5-12(9-19)15-17-13-6-2-3-7-14(13)23-15/h2-3,6-7,12H,4-5,8-10H2,1H3/t12-/m1/s1. The van der Waals surface area contributed by atoms with E-state index in [4.69, 9.17) is 17.2 Å². The van der Waals surface area contributed by atoms with E-state index in [-0.39, 0.29) is 0 Å². The van der Waals surface area contributed by atoms with Crippen molar-refractivity contribution in [2.45, 2.75) is 32.4 Å². The lowest BCUT2D eigenvalue weighted by Crippen LogP contribution is -2.36. The summed E-state index contributed by atoms with van der Waals surface area (Å²) in [6.07, 6.45) is 2.43. The van der Waals surface area contributed by atoms with Gasteiger partial charge in [0.25, 0.3) is 0 Å². The van der Waals surface area contributed by atoms with Crippen LogP contribution in [0.1, 0.15) is 28.8 Å². The molecule has 120 valence electrons. The van der Waals surface area contributed by atoms with Gasteiger partial charge < -0.3 is 0 Å². The molecule has 1 aliphatic rings. The number of nitrogens with zero attached hydrogens (tertiary/aromatic N) is 4. The Kier molecular flexibility index (Phi) is 4.27. The summed E-state index contributed by atoms with van der Waals surface area (Å²) in [6, 6.07) is 8.41. The number of hydrogen-bond acceptors (Lipinski definition) is 6. The minimum atomic E-state index is 0.523. The van der Waals surface area contributed by atoms with Gasteiger partial charge in [-0.05, 0) is 50.7 Å². The number of piperidine rings is 1. The Bertz CT molecular complexity index is 846. The van der Waals surface area contributed by atoms with E-state index in [1.54, 1.807) is 11.3 Å². The van der Waals surface area contributed by atoms with Crippen LogP contribution in [-0.4, -0.2) is 32.8 Å². The van der Waals surface area contributed by atoms with E-state index < -0.39 is 0 Å². The molecule has 0 spiro atoms. The maximum absolute atomic E-state index is 5.39. The number of aromatic nitrogens is 3. The zero-order valence-corrected chi connectivity index (χ0v) is 15.4. The van der Waals surface area contributed by atoms with Gasteiger partial charge in [0.2, 0.25) is 0 Å². The van der Waals surface area contributed by atoms with E-state index in [9.17, 15) is 0 Å². The maximum Gasteiger partial charge on any atom is 0.180 e. The lowest BCUT2D eigenvalue weighted by atomic mass is 9.99. The molecule has 0 unspecified atom stereocenters. The first-order chi connectivity index (χ1) is 11.2. The third-order valence-electron chi connectivity index (χ3n) is 4.21. The molecule has 7 heteroatoms. The first-order valence-electron chi connectivity index (χ1n) is 7.81. The molecule has 3 heterocycles. The molecule has 0 saturated carbocycles. The van der Waals surface area contributed by atoms with Gasteiger partial charge in [0.1, 0.15) is 5.01 Å². The zero-order chi connectivity index (χ0) is 15.8. The summed E-state index contributed by atoms with van der Waals surface area (Å²) < 4.78 is 4.11. The molecule has 1 aromatic carbocycles. The number of rotatable bonds is 3. The van der Waals surface area contributed by atoms with Crippen molar-refractivity contribution in [3.05, 3.63) is 38.2 Å². The average Bonchev–Trinajstić information content (AvgIpc) is 3.11. The van der Waals surface area contributed by atoms with Crippen LogP contribution in [0.25, 0.3) is 10.2 Å². The van der Waals surface area contributed by atoms with E-state index in [1.165, 1.54) is 22.5 Å². The summed E-state index contributed by atoms with van der Waals surface area (Å²) in [6.45, 7) is 4.96. The Balaban J connectivity index is 1.52. The number of hydrogen-bond donors (Lipinski definition) is 0. The molecule has 0 amide bonds. The molecular weight excluding hydrogens is 344 g/mol. The van der Waals surface area contributed by atoms with Crippen molar-refractivity contribution in [3.63, 3.8) is 0 Å². The van der Waals surface area contributed by atoms with Crippen LogP contribution >= 0.6 is 34.9 Å².